The maximum absolute atomic E-state index is 15.0. The van der Waals surface area contributed by atoms with Gasteiger partial charge in [-0.2, -0.15) is 0 Å². The van der Waals surface area contributed by atoms with Crippen LogP contribution in [0, 0.1) is 0 Å². The predicted molar refractivity (Wildman–Crippen MR) is 285 cm³/mol. The number of carbonyl (C=O) groups excluding carboxylic acids is 5. The number of benzene rings is 7. The fourth-order valence-electron chi connectivity index (χ4n) is 8.97. The summed E-state index contributed by atoms with van der Waals surface area (Å²) in [7, 11) is 1.45. The minimum absolute atomic E-state index is 0.0177. The molecule has 0 N–H and O–H groups in total. The molecule has 0 aliphatic carbocycles. The number of rotatable bonds is 22. The fourth-order valence-corrected chi connectivity index (χ4v) is 8.97. The van der Waals surface area contributed by atoms with Crippen molar-refractivity contribution in [3.63, 3.8) is 0 Å². The monoisotopic (exact) mass is 1090 g/mol. The molecule has 2 aliphatic rings. The molecule has 0 saturated carbocycles. The normalized spacial score (nSPS) is 22.4. The lowest BCUT2D eigenvalue weighted by molar-refractivity contribution is -0.321. The smallest absolute Gasteiger partial charge is 0.459 e. The molecule has 17 nitrogen and oxygen atoms in total. The Bertz CT molecular complexity index is 3050. The largest absolute Gasteiger partial charge is 0.511 e. The maximum Gasteiger partial charge on any atom is 0.511 e. The van der Waals surface area contributed by atoms with E-state index in [4.69, 9.17) is 56.8 Å². The highest BCUT2D eigenvalue weighted by molar-refractivity contribution is 5.91. The topological polar surface area (TPSA) is 196 Å². The van der Waals surface area contributed by atoms with Crippen molar-refractivity contribution in [1.29, 1.82) is 0 Å². The lowest BCUT2D eigenvalue weighted by atomic mass is 9.97. The second kappa shape index (κ2) is 28.4. The molecule has 2 heterocycles. The molecular weight excluding hydrogens is 1030 g/mol. The third-order valence-corrected chi connectivity index (χ3v) is 13.0. The van der Waals surface area contributed by atoms with Gasteiger partial charge in [0.1, 0.15) is 31.0 Å². The van der Waals surface area contributed by atoms with Crippen LogP contribution in [0.3, 0.4) is 0 Å². The Morgan fingerprint density at radius 2 is 0.713 bits per heavy atom. The van der Waals surface area contributed by atoms with E-state index in [9.17, 15) is 24.0 Å². The van der Waals surface area contributed by atoms with Gasteiger partial charge < -0.3 is 56.8 Å². The Hall–Kier alpha value is -8.55. The highest BCUT2D eigenvalue weighted by atomic mass is 16.8. The summed E-state index contributed by atoms with van der Waals surface area (Å²) in [5, 5.41) is 0. The third-order valence-electron chi connectivity index (χ3n) is 13.0. The van der Waals surface area contributed by atoms with Crippen molar-refractivity contribution in [1.82, 2.24) is 0 Å². The van der Waals surface area contributed by atoms with E-state index in [0.717, 1.165) is 16.7 Å². The molecule has 412 valence electrons. The lowest BCUT2D eigenvalue weighted by Crippen LogP contribution is -2.64. The number of ether oxygens (including phenoxy) is 12. The molecule has 80 heavy (non-hydrogen) atoms. The van der Waals surface area contributed by atoms with E-state index in [1.54, 1.807) is 72.8 Å². The molecule has 0 spiro atoms. The van der Waals surface area contributed by atoms with Gasteiger partial charge in [-0.25, -0.2) is 24.0 Å². The zero-order valence-corrected chi connectivity index (χ0v) is 43.5. The number of esters is 4. The summed E-state index contributed by atoms with van der Waals surface area (Å²) in [5.74, 6) is -3.64. The highest BCUT2D eigenvalue weighted by Gasteiger charge is 2.56. The number of carbonyl (C=O) groups is 5. The molecule has 0 radical (unpaired) electrons. The quantitative estimate of drug-likeness (QED) is 0.0459. The summed E-state index contributed by atoms with van der Waals surface area (Å²) >= 11 is 0. The van der Waals surface area contributed by atoms with Gasteiger partial charge in [0.05, 0.1) is 48.7 Å². The SMILES string of the molecule is CO[C@H]1O[C@H](COCc2ccccc2)[C@@H](OC(=O)O[C@@H]2O[C@H](COC(=O)c3ccccc3)[C@@H](OC(=O)c3ccccc3)[C@H](OC(=O)c3ccccc3)[C@H]2OC(=O)c2ccccc2)[C@H](OCc2ccccc2)[C@H]1OCc1ccccc1. The van der Waals surface area contributed by atoms with E-state index in [-0.39, 0.29) is 48.7 Å². The van der Waals surface area contributed by atoms with Gasteiger partial charge >= 0.3 is 30.0 Å². The van der Waals surface area contributed by atoms with Gasteiger partial charge in [-0.15, -0.1) is 0 Å². The minimum Gasteiger partial charge on any atom is -0.459 e. The van der Waals surface area contributed by atoms with Crippen molar-refractivity contribution in [2.75, 3.05) is 20.3 Å². The van der Waals surface area contributed by atoms with Crippen LogP contribution < -0.4 is 0 Å². The van der Waals surface area contributed by atoms with E-state index in [2.05, 4.69) is 0 Å². The number of methoxy groups -OCH3 is 1. The summed E-state index contributed by atoms with van der Waals surface area (Å²) in [6, 6.07) is 59.8. The summed E-state index contributed by atoms with van der Waals surface area (Å²) in [6.07, 6.45) is -16.3. The summed E-state index contributed by atoms with van der Waals surface area (Å²) in [4.78, 5) is 71.2. The third kappa shape index (κ3) is 15.2. The first-order chi connectivity index (χ1) is 39.2. The Balaban J connectivity index is 1.09. The van der Waals surface area contributed by atoms with Crippen LogP contribution in [-0.2, 0) is 76.7 Å². The highest BCUT2D eigenvalue weighted by Crippen LogP contribution is 2.35. The predicted octanol–water partition coefficient (Wildman–Crippen LogP) is 9.53. The van der Waals surface area contributed by atoms with Crippen LogP contribution in [0.1, 0.15) is 58.1 Å². The van der Waals surface area contributed by atoms with Crippen LogP contribution in [-0.4, -0.2) is 112 Å². The van der Waals surface area contributed by atoms with Gasteiger partial charge in [0.15, 0.2) is 24.6 Å². The molecule has 7 aromatic rings. The second-order valence-electron chi connectivity index (χ2n) is 18.5. The standard InChI is InChI=1S/C63H58O17/c1-69-61-55(72-39-44-27-13-4-14-28-44)53(71-38-43-25-11-3-12-26-43)51(49(74-61)40-70-37-42-23-9-2-10-24-42)79-63(68)80-62-56(78-60(67)48-35-21-8-22-36-48)54(77-59(66)47-33-19-7-20-34-47)52(76-58(65)46-31-17-6-18-32-46)50(75-62)41-73-57(64)45-29-15-5-16-30-45/h2-36,49-56,61-62H,37-41H2,1H3/t49-,50-,51-,52-,53+,54+,55-,56-,61+,62+/m1/s1. The van der Waals surface area contributed by atoms with Gasteiger partial charge in [-0.1, -0.05) is 164 Å². The molecule has 17 heteroatoms. The van der Waals surface area contributed by atoms with Crippen molar-refractivity contribution >= 4 is 30.0 Å². The zero-order chi connectivity index (χ0) is 55.5. The van der Waals surface area contributed by atoms with E-state index >= 15 is 0 Å². The summed E-state index contributed by atoms with van der Waals surface area (Å²) in [6.45, 7) is -0.602. The molecule has 10 atom stereocenters. The van der Waals surface area contributed by atoms with Gasteiger partial charge in [-0.05, 0) is 65.2 Å². The summed E-state index contributed by atoms with van der Waals surface area (Å²) in [5.41, 5.74) is 2.81. The first-order valence-corrected chi connectivity index (χ1v) is 25.8. The molecule has 0 unspecified atom stereocenters. The van der Waals surface area contributed by atoms with Crippen molar-refractivity contribution in [3.8, 4) is 0 Å². The van der Waals surface area contributed by atoms with Crippen LogP contribution in [0.2, 0.25) is 0 Å². The Morgan fingerprint density at radius 1 is 0.350 bits per heavy atom. The molecule has 9 rings (SSSR count). The first-order valence-electron chi connectivity index (χ1n) is 25.8. The Morgan fingerprint density at radius 3 is 1.18 bits per heavy atom. The van der Waals surface area contributed by atoms with Gasteiger partial charge in [-0.3, -0.25) is 0 Å². The first kappa shape index (κ1) is 56.2. The second-order valence-corrected chi connectivity index (χ2v) is 18.5. The number of hydrogen-bond acceptors (Lipinski definition) is 17. The van der Waals surface area contributed by atoms with Gasteiger partial charge in [0, 0.05) is 7.11 Å². The molecule has 0 bridgehead atoms. The van der Waals surface area contributed by atoms with Gasteiger partial charge in [0.25, 0.3) is 0 Å². The molecule has 0 aromatic heterocycles. The molecule has 2 saturated heterocycles. The summed E-state index contributed by atoms with van der Waals surface area (Å²) < 4.78 is 75.2. The van der Waals surface area contributed by atoms with Crippen molar-refractivity contribution in [2.45, 2.75) is 81.2 Å². The van der Waals surface area contributed by atoms with Crippen LogP contribution in [0.15, 0.2) is 212 Å². The van der Waals surface area contributed by atoms with Gasteiger partial charge in [0.2, 0.25) is 12.4 Å². The van der Waals surface area contributed by atoms with Crippen LogP contribution in [0.25, 0.3) is 0 Å². The van der Waals surface area contributed by atoms with Crippen LogP contribution in [0.4, 0.5) is 4.79 Å². The maximum atomic E-state index is 15.0. The average Bonchev–Trinajstić information content (AvgIpc) is 3.51. The average molecular weight is 1090 g/mol. The zero-order valence-electron chi connectivity index (χ0n) is 43.5. The van der Waals surface area contributed by atoms with E-state index in [1.165, 1.54) is 55.6 Å². The van der Waals surface area contributed by atoms with E-state index in [1.807, 2.05) is 91.0 Å². The molecular formula is C63H58O17. The molecule has 0 amide bonds. The Kier molecular flexibility index (Phi) is 19.9. The minimum atomic E-state index is -2.05. The fraction of sp³-hybridized carbons (Fsp3) is 0.254. The molecule has 7 aromatic carbocycles. The van der Waals surface area contributed by atoms with E-state index < -0.39 is 98.1 Å². The Labute approximate surface area is 462 Å². The van der Waals surface area contributed by atoms with Crippen molar-refractivity contribution < 1.29 is 80.8 Å². The van der Waals surface area contributed by atoms with E-state index in [0.29, 0.717) is 0 Å². The van der Waals surface area contributed by atoms with Crippen molar-refractivity contribution in [2.24, 2.45) is 0 Å². The number of hydrogen-bond donors (Lipinski definition) is 0. The molecule has 2 fully saturated rings. The van der Waals surface area contributed by atoms with Crippen LogP contribution >= 0.6 is 0 Å². The van der Waals surface area contributed by atoms with Crippen LogP contribution in [0.5, 0.6) is 0 Å². The lowest BCUT2D eigenvalue weighted by Gasteiger charge is -2.45. The van der Waals surface area contributed by atoms with Crippen molar-refractivity contribution in [3.05, 3.63) is 251 Å². The molecule has 2 aliphatic heterocycles.